The number of rotatable bonds is 8. The molecule has 0 saturated carbocycles. The molecule has 1 fully saturated rings. The highest BCUT2D eigenvalue weighted by Gasteiger charge is 2.26. The van der Waals surface area contributed by atoms with Crippen molar-refractivity contribution in [1.29, 1.82) is 0 Å². The monoisotopic (exact) mass is 702 g/mol. The molecule has 3 amide bonds. The van der Waals surface area contributed by atoms with Crippen molar-refractivity contribution in [2.45, 2.75) is 45.6 Å². The van der Waals surface area contributed by atoms with Crippen molar-refractivity contribution in [2.75, 3.05) is 23.8 Å². The molecule has 1 atom stereocenters. The molecule has 3 aromatic heterocycles. The number of nitrogens with zero attached hydrogens (tertiary/aromatic N) is 5. The smallest absolute Gasteiger partial charge is 0.328 e. The van der Waals surface area contributed by atoms with Gasteiger partial charge in [0.05, 0.1) is 29.5 Å². The number of fused-ring (bicyclic) bond motifs is 1. The number of nitrogens with one attached hydrogen (secondary N) is 3. The normalized spacial score (nSPS) is 14.2. The Morgan fingerprint density at radius 3 is 2.56 bits per heavy atom. The van der Waals surface area contributed by atoms with Crippen LogP contribution in [-0.2, 0) is 23.7 Å². The molecule has 3 N–H and O–H groups in total. The van der Waals surface area contributed by atoms with Gasteiger partial charge in [-0.25, -0.2) is 9.18 Å². The van der Waals surface area contributed by atoms with Gasteiger partial charge >= 0.3 is 5.69 Å². The summed E-state index contributed by atoms with van der Waals surface area (Å²) >= 11 is 0. The maximum atomic E-state index is 15.6. The average Bonchev–Trinajstić information content (AvgIpc) is 3.33. The molecule has 266 valence electrons. The van der Waals surface area contributed by atoms with Crippen molar-refractivity contribution in [2.24, 2.45) is 14.1 Å². The van der Waals surface area contributed by atoms with Crippen molar-refractivity contribution >= 4 is 45.8 Å². The van der Waals surface area contributed by atoms with Crippen LogP contribution < -0.4 is 26.5 Å². The minimum absolute atomic E-state index is 0.0594. The van der Waals surface area contributed by atoms with Gasteiger partial charge in [0.2, 0.25) is 11.8 Å². The lowest BCUT2D eigenvalue weighted by Gasteiger charge is -2.22. The molecule has 0 aliphatic carbocycles. The molecule has 1 unspecified atom stereocenters. The zero-order valence-corrected chi connectivity index (χ0v) is 29.8. The van der Waals surface area contributed by atoms with Gasteiger partial charge in [0.15, 0.2) is 5.82 Å². The highest BCUT2D eigenvalue weighted by Crippen LogP contribution is 2.34. The van der Waals surface area contributed by atoms with E-state index in [-0.39, 0.29) is 47.8 Å². The fourth-order valence-corrected chi connectivity index (χ4v) is 6.29. The molecular formula is C39H39FN8O4. The Hall–Kier alpha value is -6.29. The Labute approximate surface area is 300 Å². The minimum Gasteiger partial charge on any atom is -0.374 e. The summed E-state index contributed by atoms with van der Waals surface area (Å²) in [5.41, 5.74) is 6.49. The van der Waals surface area contributed by atoms with Gasteiger partial charge in [-0.2, -0.15) is 0 Å². The molecule has 1 aliphatic rings. The van der Waals surface area contributed by atoms with E-state index in [0.29, 0.717) is 34.5 Å². The zero-order chi connectivity index (χ0) is 37.3. The van der Waals surface area contributed by atoms with E-state index in [1.165, 1.54) is 12.3 Å². The number of imidazole rings is 1. The summed E-state index contributed by atoms with van der Waals surface area (Å²) in [6.45, 7) is 5.92. The Morgan fingerprint density at radius 2 is 1.85 bits per heavy atom. The molecule has 1 aliphatic heterocycles. The van der Waals surface area contributed by atoms with Crippen LogP contribution in [0.25, 0.3) is 22.3 Å². The topological polar surface area (TPSA) is 143 Å². The first-order valence-electron chi connectivity index (χ1n) is 16.9. The number of aromatic nitrogens is 4. The van der Waals surface area contributed by atoms with E-state index < -0.39 is 17.8 Å². The second-order valence-corrected chi connectivity index (χ2v) is 13.1. The number of anilines is 3. The first kappa shape index (κ1) is 35.5. The predicted molar refractivity (Wildman–Crippen MR) is 198 cm³/mol. The number of imide groups is 1. The summed E-state index contributed by atoms with van der Waals surface area (Å²) in [6, 6.07) is 13.7. The van der Waals surface area contributed by atoms with Crippen molar-refractivity contribution < 1.29 is 18.8 Å². The van der Waals surface area contributed by atoms with E-state index in [4.69, 9.17) is 0 Å². The molecule has 0 radical (unpaired) electrons. The standard InChI is InChI=1S/C39H39FN8O4/c1-22(2)29-17-27(19-32-36(29)48(6)39(52)47(32)5)46(4)28-18-30(40)35(43-21-28)25-15-23(3)34(42-20-25)38(51)41-14-8-10-24-9-7-11-26(16-24)44-31-12-13-33(49)45-37(31)50/h7,9,11,15-22,31,44H,12-14H2,1-6H3,(H,41,51)(H,45,49,50). The van der Waals surface area contributed by atoms with E-state index in [9.17, 15) is 19.2 Å². The summed E-state index contributed by atoms with van der Waals surface area (Å²) in [5, 5.41) is 8.20. The van der Waals surface area contributed by atoms with Crippen LogP contribution in [0.15, 0.2) is 65.7 Å². The van der Waals surface area contributed by atoms with Crippen LogP contribution in [0.2, 0.25) is 0 Å². The van der Waals surface area contributed by atoms with Gasteiger partial charge in [-0.1, -0.05) is 31.8 Å². The van der Waals surface area contributed by atoms with E-state index in [1.807, 2.05) is 36.2 Å². The lowest BCUT2D eigenvalue weighted by atomic mass is 10.00. The molecule has 12 nitrogen and oxygen atoms in total. The van der Waals surface area contributed by atoms with E-state index in [1.54, 1.807) is 54.5 Å². The van der Waals surface area contributed by atoms with E-state index >= 15 is 4.39 Å². The Morgan fingerprint density at radius 1 is 1.06 bits per heavy atom. The number of piperidine rings is 1. The number of aryl methyl sites for hydroxylation is 3. The summed E-state index contributed by atoms with van der Waals surface area (Å²) in [6.07, 6.45) is 3.68. The first-order chi connectivity index (χ1) is 24.8. The second kappa shape index (κ2) is 14.5. The molecule has 52 heavy (non-hydrogen) atoms. The van der Waals surface area contributed by atoms with Gasteiger partial charge < -0.3 is 15.5 Å². The maximum absolute atomic E-state index is 15.6. The molecule has 1 saturated heterocycles. The fourth-order valence-electron chi connectivity index (χ4n) is 6.29. The van der Waals surface area contributed by atoms with Crippen LogP contribution in [0.3, 0.4) is 0 Å². The number of halogens is 1. The third-order valence-corrected chi connectivity index (χ3v) is 9.18. The highest BCUT2D eigenvalue weighted by molar-refractivity contribution is 6.01. The van der Waals surface area contributed by atoms with Gasteiger partial charge in [0.1, 0.15) is 17.4 Å². The van der Waals surface area contributed by atoms with Gasteiger partial charge in [-0.3, -0.25) is 38.8 Å². The highest BCUT2D eigenvalue weighted by atomic mass is 19.1. The van der Waals surface area contributed by atoms with Gasteiger partial charge in [0.25, 0.3) is 5.91 Å². The SMILES string of the molecule is Cc1cc(-c2ncc(N(C)c3cc(C(C)C)c4c(c3)n(C)c(=O)n4C)cc2F)cnc1C(=O)NCC#Cc1cccc(NC2CCC(=O)NC2=O)c1. The number of amides is 3. The summed E-state index contributed by atoms with van der Waals surface area (Å²) in [4.78, 5) is 59.7. The molecule has 0 spiro atoms. The Bertz CT molecular complexity index is 2370. The summed E-state index contributed by atoms with van der Waals surface area (Å²) in [7, 11) is 5.33. The number of benzene rings is 2. The molecular weight excluding hydrogens is 663 g/mol. The third kappa shape index (κ3) is 7.14. The fraction of sp³-hybridized carbons (Fsp3) is 0.282. The lowest BCUT2D eigenvalue weighted by molar-refractivity contribution is -0.133. The quantitative estimate of drug-likeness (QED) is 0.157. The number of carbonyl (C=O) groups is 3. The average molecular weight is 703 g/mol. The van der Waals surface area contributed by atoms with Crippen molar-refractivity contribution in [1.82, 2.24) is 29.7 Å². The van der Waals surface area contributed by atoms with Crippen LogP contribution in [-0.4, -0.2) is 56.5 Å². The summed E-state index contributed by atoms with van der Waals surface area (Å²) < 4.78 is 18.9. The van der Waals surface area contributed by atoms with Crippen LogP contribution in [0.5, 0.6) is 0 Å². The molecule has 13 heteroatoms. The largest absolute Gasteiger partial charge is 0.374 e. The Kier molecular flexibility index (Phi) is 9.92. The third-order valence-electron chi connectivity index (χ3n) is 9.18. The molecule has 2 aromatic carbocycles. The molecule has 5 aromatic rings. The first-order valence-corrected chi connectivity index (χ1v) is 16.9. The number of hydrogen-bond acceptors (Lipinski definition) is 8. The number of pyridine rings is 2. The van der Waals surface area contributed by atoms with Crippen LogP contribution >= 0.6 is 0 Å². The van der Waals surface area contributed by atoms with Gasteiger partial charge in [-0.05, 0) is 66.8 Å². The maximum Gasteiger partial charge on any atom is 0.328 e. The molecule has 4 heterocycles. The summed E-state index contributed by atoms with van der Waals surface area (Å²) in [5.74, 6) is 4.46. The van der Waals surface area contributed by atoms with Gasteiger partial charge in [-0.15, -0.1) is 0 Å². The van der Waals surface area contributed by atoms with Crippen molar-refractivity contribution in [3.63, 3.8) is 0 Å². The zero-order valence-electron chi connectivity index (χ0n) is 29.8. The lowest BCUT2D eigenvalue weighted by Crippen LogP contribution is -2.47. The Balaban J connectivity index is 1.12. The number of carbonyl (C=O) groups excluding carboxylic acids is 3. The van der Waals surface area contributed by atoms with Crippen LogP contribution in [0, 0.1) is 24.6 Å². The minimum atomic E-state index is -0.549. The molecule has 6 rings (SSSR count). The predicted octanol–water partition coefficient (Wildman–Crippen LogP) is 4.67. The van der Waals surface area contributed by atoms with Gasteiger partial charge in [0, 0.05) is 62.3 Å². The van der Waals surface area contributed by atoms with Crippen LogP contribution in [0.4, 0.5) is 21.5 Å². The van der Waals surface area contributed by atoms with E-state index in [0.717, 1.165) is 22.3 Å². The second-order valence-electron chi connectivity index (χ2n) is 13.1. The van der Waals surface area contributed by atoms with E-state index in [2.05, 4.69) is 51.6 Å². The molecule has 0 bridgehead atoms. The van der Waals surface area contributed by atoms with Crippen molar-refractivity contribution in [3.8, 4) is 23.1 Å². The van der Waals surface area contributed by atoms with Crippen molar-refractivity contribution in [3.05, 3.63) is 99.6 Å². The van der Waals surface area contributed by atoms with Crippen LogP contribution in [0.1, 0.15) is 59.8 Å². The number of hydrogen-bond donors (Lipinski definition) is 3.